The first-order valence-corrected chi connectivity index (χ1v) is 39.8. The van der Waals surface area contributed by atoms with Gasteiger partial charge in [-0.1, -0.05) is 269 Å². The Bertz CT molecular complexity index is 4720. The predicted molar refractivity (Wildman–Crippen MR) is 415 cm³/mol. The van der Waals surface area contributed by atoms with E-state index >= 15 is 0 Å². The molecule has 0 saturated heterocycles. The van der Waals surface area contributed by atoms with Crippen molar-refractivity contribution in [3.05, 3.63) is 217 Å². The van der Waals surface area contributed by atoms with Crippen LogP contribution < -0.4 is 44.8 Å². The Hall–Kier alpha value is -0.105. The SMILES string of the molecule is O=C1OC2(c3cc(Br)c([O-])c(Br)c3Oc3c2cc(Br)c([O-])c3Br)c2c(Cl)c(Cl)c(Cl)c(Cl)c21.O=C1OC2(c3cc(Br)c([O-])c(Br)c3Oc3c2cc(Br)c([O-])c3Br)c2c(Cl)c(Cl)c(Cl)c(Cl)c21.O=C1OC2(c3cc(Br)c([O-])c(Br)c3Oc3c2cc(Br)c([O-])c3Br)c2c(Cl)c(Cl)c(Cl)c(Cl)c21.[Al+3].[Al+3]. The van der Waals surface area contributed by atoms with E-state index in [1.165, 1.54) is 36.4 Å². The van der Waals surface area contributed by atoms with Gasteiger partial charge in [-0.25, -0.2) is 14.4 Å². The van der Waals surface area contributed by atoms with Crippen molar-refractivity contribution < 1.29 is 73.4 Å². The van der Waals surface area contributed by atoms with Gasteiger partial charge >= 0.3 is 52.6 Å². The van der Waals surface area contributed by atoms with Crippen LogP contribution in [0.25, 0.3) is 0 Å². The maximum Gasteiger partial charge on any atom is 3.00 e. The van der Waals surface area contributed by atoms with Crippen LogP contribution in [0.1, 0.15) is 81.1 Å². The third-order valence-electron chi connectivity index (χ3n) is 15.9. The molecule has 101 heavy (non-hydrogen) atoms. The summed E-state index contributed by atoms with van der Waals surface area (Å²) in [4.78, 5) is 39.6. The molecule has 0 fully saturated rings. The van der Waals surface area contributed by atoms with Gasteiger partial charge in [-0.2, -0.15) is 0 Å². The number of rotatable bonds is 0. The van der Waals surface area contributed by atoms with Crippen molar-refractivity contribution >= 4 is 383 Å². The van der Waals surface area contributed by atoms with Gasteiger partial charge < -0.3 is 59.1 Å². The fourth-order valence-electron chi connectivity index (χ4n) is 11.7. The Morgan fingerprint density at radius 2 is 0.406 bits per heavy atom. The summed E-state index contributed by atoms with van der Waals surface area (Å²) in [6.45, 7) is 0. The van der Waals surface area contributed by atoms with Crippen LogP contribution >= 0.6 is 330 Å². The van der Waals surface area contributed by atoms with E-state index in [1.54, 1.807) is 0 Å². The molecule has 510 valence electrons. The minimum absolute atomic E-state index is 0. The van der Waals surface area contributed by atoms with Crippen molar-refractivity contribution in [1.29, 1.82) is 0 Å². The quantitative estimate of drug-likeness (QED) is 0.0450. The summed E-state index contributed by atoms with van der Waals surface area (Å²) in [6.07, 6.45) is 0. The average molecular weight is 2400 g/mol. The minimum Gasteiger partial charge on any atom is -0.871 e. The van der Waals surface area contributed by atoms with Crippen LogP contribution in [-0.2, 0) is 31.0 Å². The molecule has 0 saturated carbocycles. The zero-order valence-corrected chi connectivity index (χ0v) is 77.2. The first kappa shape index (κ1) is 81.9. The Labute approximate surface area is 748 Å². The van der Waals surface area contributed by atoms with E-state index in [1.807, 2.05) is 0 Å². The molecule has 9 aromatic carbocycles. The summed E-state index contributed by atoms with van der Waals surface area (Å²) < 4.78 is 37.1. The van der Waals surface area contributed by atoms with Crippen molar-refractivity contribution in [3.63, 3.8) is 0 Å². The molecular formula is C60H6Al2Br12Cl12O15. The van der Waals surface area contributed by atoms with Gasteiger partial charge in [0.1, 0.15) is 34.5 Å². The van der Waals surface area contributed by atoms with Crippen molar-refractivity contribution in [2.24, 2.45) is 0 Å². The number of benzene rings is 9. The summed E-state index contributed by atoms with van der Waals surface area (Å²) in [6, 6.07) is 8.71. The van der Waals surface area contributed by atoms with Gasteiger partial charge in [-0.05, 0) is 132 Å². The minimum atomic E-state index is -1.78. The maximum atomic E-state index is 13.2. The monoisotopic (exact) mass is 2390 g/mol. The van der Waals surface area contributed by atoms with Crippen molar-refractivity contribution in [1.82, 2.24) is 0 Å². The van der Waals surface area contributed by atoms with Crippen LogP contribution in [-0.4, -0.2) is 52.6 Å². The van der Waals surface area contributed by atoms with Crippen LogP contribution in [0.4, 0.5) is 0 Å². The van der Waals surface area contributed by atoms with Crippen LogP contribution in [0, 0.1) is 0 Å². The van der Waals surface area contributed by atoms with E-state index in [-0.39, 0.29) is 250 Å². The van der Waals surface area contributed by atoms with Crippen molar-refractivity contribution in [3.8, 4) is 69.0 Å². The molecule has 6 aliphatic rings. The number of ether oxygens (including phenoxy) is 6. The Morgan fingerprint density at radius 3 is 0.564 bits per heavy atom. The molecule has 0 aliphatic carbocycles. The molecule has 0 radical (unpaired) electrons. The Balaban J connectivity index is 0.000000151. The van der Waals surface area contributed by atoms with E-state index in [4.69, 9.17) is 168 Å². The summed E-state index contributed by atoms with van der Waals surface area (Å²) in [5.41, 5.74) is -3.82. The molecule has 0 N–H and O–H groups in total. The molecule has 0 amide bonds. The van der Waals surface area contributed by atoms with Gasteiger partial charge in [-0.15, -0.1) is 0 Å². The average Bonchev–Trinajstić information content (AvgIpc) is 1.62. The van der Waals surface area contributed by atoms with Gasteiger partial charge in [0, 0.05) is 76.9 Å². The van der Waals surface area contributed by atoms with Crippen LogP contribution in [0.15, 0.2) is 90.1 Å². The largest absolute Gasteiger partial charge is 3.00 e. The van der Waals surface area contributed by atoms with Gasteiger partial charge in [-0.3, -0.25) is 0 Å². The van der Waals surface area contributed by atoms with Crippen molar-refractivity contribution in [2.45, 2.75) is 16.8 Å². The second-order valence-electron chi connectivity index (χ2n) is 20.8. The third kappa shape index (κ3) is 11.8. The zero-order chi connectivity index (χ0) is 72.4. The Morgan fingerprint density at radius 1 is 0.257 bits per heavy atom. The molecular weight excluding hydrogens is 2400 g/mol. The fraction of sp³-hybridized carbons (Fsp3) is 0.0500. The van der Waals surface area contributed by atoms with Crippen LogP contribution in [0.3, 0.4) is 0 Å². The van der Waals surface area contributed by atoms with Gasteiger partial charge in [0.2, 0.25) is 0 Å². The number of esters is 3. The van der Waals surface area contributed by atoms with E-state index in [9.17, 15) is 45.0 Å². The number of hydrogen-bond acceptors (Lipinski definition) is 15. The summed E-state index contributed by atoms with van der Waals surface area (Å²) >= 11 is 116. The number of carbonyl (C=O) groups excluding carboxylic acids is 3. The maximum absolute atomic E-state index is 13.2. The molecule has 6 aliphatic heterocycles. The number of halogens is 24. The molecule has 3 spiro atoms. The standard InChI is InChI=1S/3C20H4Br4Cl4O5.2Al/c3*21-5-1-3-17(9(23)15(5)29)32-18-4(2-6(22)16(30)10(18)24)20(3)8-7(19(31)33-20)11(25)13(27)14(28)12(8)26;;/h3*1-2,29-30H;;/q;;;2*+3/p-6. The summed E-state index contributed by atoms with van der Waals surface area (Å²) in [5.74, 6) is -4.88. The van der Waals surface area contributed by atoms with Gasteiger partial charge in [0.15, 0.2) is 16.8 Å². The van der Waals surface area contributed by atoms with Crippen molar-refractivity contribution in [2.75, 3.05) is 0 Å². The number of fused-ring (bicyclic) bond motifs is 18. The molecule has 0 unspecified atom stereocenters. The Kier molecular flexibility index (Phi) is 23.7. The second kappa shape index (κ2) is 29.2. The normalized spacial score (nSPS) is 14.8. The number of hydrogen-bond donors (Lipinski definition) is 0. The van der Waals surface area contributed by atoms with E-state index in [2.05, 4.69) is 191 Å². The number of carbonyl (C=O) groups is 3. The molecule has 0 aromatic heterocycles. The molecule has 9 aromatic rings. The molecule has 0 atom stereocenters. The van der Waals surface area contributed by atoms with E-state index in [0.717, 1.165) is 0 Å². The van der Waals surface area contributed by atoms with E-state index < -0.39 is 69.2 Å². The zero-order valence-electron chi connectivity index (χ0n) is 46.8. The summed E-state index contributed by atoms with van der Waals surface area (Å²) in [5, 5.41) is 74.6. The predicted octanol–water partition coefficient (Wildman–Crippen LogP) is 23.4. The molecule has 41 heteroatoms. The summed E-state index contributed by atoms with van der Waals surface area (Å²) in [7, 11) is 0. The van der Waals surface area contributed by atoms with Gasteiger partial charge in [0.25, 0.3) is 0 Å². The van der Waals surface area contributed by atoms with E-state index in [0.29, 0.717) is 0 Å². The van der Waals surface area contributed by atoms with Crippen LogP contribution in [0.2, 0.25) is 60.3 Å². The third-order valence-corrected chi connectivity index (χ3v) is 29.1. The first-order valence-electron chi connectivity index (χ1n) is 25.8. The van der Waals surface area contributed by atoms with Crippen LogP contribution in [0.5, 0.6) is 69.0 Å². The molecule has 6 heterocycles. The molecule has 0 bridgehead atoms. The topological polar surface area (TPSA) is 245 Å². The van der Waals surface area contributed by atoms with Gasteiger partial charge in [0.05, 0.1) is 104 Å². The second-order valence-corrected chi connectivity index (χ2v) is 35.2. The molecule has 15 rings (SSSR count). The first-order chi connectivity index (χ1) is 46.3. The fourth-order valence-corrected chi connectivity index (χ4v) is 22.1. The molecule has 15 nitrogen and oxygen atoms in total. The smallest absolute Gasteiger partial charge is 0.871 e.